The van der Waals surface area contributed by atoms with Gasteiger partial charge in [-0.05, 0) is 34.1 Å². The van der Waals surface area contributed by atoms with Crippen LogP contribution >= 0.6 is 15.9 Å². The third-order valence-corrected chi connectivity index (χ3v) is 3.12. The first-order chi connectivity index (χ1) is 9.38. The van der Waals surface area contributed by atoms with Gasteiger partial charge in [0.15, 0.2) is 17.5 Å². The van der Waals surface area contributed by atoms with E-state index >= 15 is 0 Å². The lowest BCUT2D eigenvalue weighted by atomic mass is 10.2. The summed E-state index contributed by atoms with van der Waals surface area (Å²) < 4.78 is 39.2. The number of phenolic OH excluding ortho intramolecular Hbond substituents is 1. The fourth-order valence-electron chi connectivity index (χ4n) is 1.48. The van der Waals surface area contributed by atoms with Crippen molar-refractivity contribution < 1.29 is 23.1 Å². The Hall–Kier alpha value is -2.02. The van der Waals surface area contributed by atoms with E-state index in [1.165, 1.54) is 18.2 Å². The quantitative estimate of drug-likeness (QED) is 0.813. The minimum atomic E-state index is -1.61. The van der Waals surface area contributed by atoms with E-state index in [4.69, 9.17) is 0 Å². The van der Waals surface area contributed by atoms with Crippen LogP contribution in [0.1, 0.15) is 10.4 Å². The highest BCUT2D eigenvalue weighted by atomic mass is 79.9. The maximum absolute atomic E-state index is 13.0. The Morgan fingerprint density at radius 3 is 2.25 bits per heavy atom. The van der Waals surface area contributed by atoms with Crippen molar-refractivity contribution in [3.63, 3.8) is 0 Å². The number of carbonyl (C=O) groups is 1. The van der Waals surface area contributed by atoms with Crippen molar-refractivity contribution in [3.8, 4) is 5.75 Å². The Labute approximate surface area is 120 Å². The molecule has 0 aliphatic rings. The molecule has 1 amide bonds. The van der Waals surface area contributed by atoms with Crippen LogP contribution in [0.5, 0.6) is 5.75 Å². The lowest BCUT2D eigenvalue weighted by Gasteiger charge is -2.07. The molecule has 0 atom stereocenters. The molecule has 2 aromatic carbocycles. The van der Waals surface area contributed by atoms with Gasteiger partial charge in [0.05, 0.1) is 4.47 Å². The Kier molecular flexibility index (Phi) is 3.99. The molecular formula is C13H7BrF3NO2. The van der Waals surface area contributed by atoms with E-state index in [-0.39, 0.29) is 17.0 Å². The third kappa shape index (κ3) is 2.93. The molecule has 104 valence electrons. The second-order valence-corrected chi connectivity index (χ2v) is 4.73. The molecule has 3 nitrogen and oxygen atoms in total. The van der Waals surface area contributed by atoms with Crippen LogP contribution in [-0.4, -0.2) is 11.0 Å². The summed E-state index contributed by atoms with van der Waals surface area (Å²) in [6.45, 7) is 0. The van der Waals surface area contributed by atoms with Gasteiger partial charge < -0.3 is 10.4 Å². The average Bonchev–Trinajstić information content (AvgIpc) is 2.39. The topological polar surface area (TPSA) is 49.3 Å². The standard InChI is InChI=1S/C13H7BrF3NO2/c14-8-2-1-6(3-11(8)19)13(20)18-7-4-9(15)12(17)10(16)5-7/h1-5,19H,(H,18,20). The molecule has 0 aliphatic heterocycles. The summed E-state index contributed by atoms with van der Waals surface area (Å²) in [5.41, 5.74) is -0.148. The highest BCUT2D eigenvalue weighted by molar-refractivity contribution is 9.10. The summed E-state index contributed by atoms with van der Waals surface area (Å²) in [4.78, 5) is 11.8. The van der Waals surface area contributed by atoms with Crippen molar-refractivity contribution in [2.75, 3.05) is 5.32 Å². The number of hydrogen-bond acceptors (Lipinski definition) is 2. The van der Waals surface area contributed by atoms with E-state index in [2.05, 4.69) is 21.2 Å². The van der Waals surface area contributed by atoms with Gasteiger partial charge in [-0.15, -0.1) is 0 Å². The second kappa shape index (κ2) is 5.54. The Bertz CT molecular complexity index is 668. The Balaban J connectivity index is 2.25. The summed E-state index contributed by atoms with van der Waals surface area (Å²) >= 11 is 3.05. The maximum Gasteiger partial charge on any atom is 0.255 e. The van der Waals surface area contributed by atoms with E-state index in [0.29, 0.717) is 16.6 Å². The van der Waals surface area contributed by atoms with Crippen molar-refractivity contribution in [2.24, 2.45) is 0 Å². The third-order valence-electron chi connectivity index (χ3n) is 2.45. The second-order valence-electron chi connectivity index (χ2n) is 3.87. The van der Waals surface area contributed by atoms with Gasteiger partial charge >= 0.3 is 0 Å². The van der Waals surface area contributed by atoms with Crippen LogP contribution < -0.4 is 5.32 Å². The predicted octanol–water partition coefficient (Wildman–Crippen LogP) is 3.82. The summed E-state index contributed by atoms with van der Waals surface area (Å²) in [6.07, 6.45) is 0. The van der Waals surface area contributed by atoms with Crippen LogP contribution in [-0.2, 0) is 0 Å². The molecule has 0 unspecified atom stereocenters. The van der Waals surface area contributed by atoms with Gasteiger partial charge in [0.25, 0.3) is 5.91 Å². The zero-order valence-corrected chi connectivity index (χ0v) is 11.3. The summed E-state index contributed by atoms with van der Waals surface area (Å²) in [5, 5.41) is 11.6. The van der Waals surface area contributed by atoms with Gasteiger partial charge in [0.2, 0.25) is 0 Å². The molecule has 0 spiro atoms. The molecule has 0 aromatic heterocycles. The molecule has 2 N–H and O–H groups in total. The largest absolute Gasteiger partial charge is 0.507 e. The first-order valence-corrected chi connectivity index (χ1v) is 6.12. The van der Waals surface area contributed by atoms with E-state index in [0.717, 1.165) is 0 Å². The molecular weight excluding hydrogens is 339 g/mol. The van der Waals surface area contributed by atoms with Crippen LogP contribution in [0.3, 0.4) is 0 Å². The maximum atomic E-state index is 13.0. The smallest absolute Gasteiger partial charge is 0.255 e. The lowest BCUT2D eigenvalue weighted by molar-refractivity contribution is 0.102. The Morgan fingerprint density at radius 1 is 1.10 bits per heavy atom. The van der Waals surface area contributed by atoms with Crippen molar-refractivity contribution >= 4 is 27.5 Å². The van der Waals surface area contributed by atoms with Crippen LogP contribution in [0.15, 0.2) is 34.8 Å². The molecule has 2 aromatic rings. The van der Waals surface area contributed by atoms with Crippen LogP contribution in [0.25, 0.3) is 0 Å². The Morgan fingerprint density at radius 2 is 1.70 bits per heavy atom. The number of benzene rings is 2. The molecule has 0 saturated heterocycles. The molecule has 7 heteroatoms. The fourth-order valence-corrected chi connectivity index (χ4v) is 1.73. The predicted molar refractivity (Wildman–Crippen MR) is 70.1 cm³/mol. The number of rotatable bonds is 2. The average molecular weight is 346 g/mol. The fraction of sp³-hybridized carbons (Fsp3) is 0. The minimum Gasteiger partial charge on any atom is -0.507 e. The number of nitrogens with one attached hydrogen (secondary N) is 1. The van der Waals surface area contributed by atoms with E-state index in [9.17, 15) is 23.1 Å². The summed E-state index contributed by atoms with van der Waals surface area (Å²) in [7, 11) is 0. The van der Waals surface area contributed by atoms with E-state index in [1.54, 1.807) is 0 Å². The van der Waals surface area contributed by atoms with Gasteiger partial charge in [-0.3, -0.25) is 4.79 Å². The van der Waals surface area contributed by atoms with E-state index in [1.807, 2.05) is 0 Å². The molecule has 20 heavy (non-hydrogen) atoms. The van der Waals surface area contributed by atoms with Gasteiger partial charge in [0, 0.05) is 23.4 Å². The molecule has 0 saturated carbocycles. The van der Waals surface area contributed by atoms with Crippen LogP contribution in [0, 0.1) is 17.5 Å². The SMILES string of the molecule is O=C(Nc1cc(F)c(F)c(F)c1)c1ccc(Br)c(O)c1. The lowest BCUT2D eigenvalue weighted by Crippen LogP contribution is -2.12. The molecule has 2 rings (SSSR count). The van der Waals surface area contributed by atoms with Gasteiger partial charge in [-0.2, -0.15) is 0 Å². The van der Waals surface area contributed by atoms with Crippen LogP contribution in [0.4, 0.5) is 18.9 Å². The van der Waals surface area contributed by atoms with E-state index < -0.39 is 23.4 Å². The van der Waals surface area contributed by atoms with Gasteiger partial charge in [-0.1, -0.05) is 0 Å². The number of anilines is 1. The number of halogens is 4. The molecule has 0 fully saturated rings. The number of carbonyl (C=O) groups excluding carboxylic acids is 1. The minimum absolute atomic E-state index is 0.0795. The van der Waals surface area contributed by atoms with Crippen LogP contribution in [0.2, 0.25) is 0 Å². The molecule has 0 heterocycles. The van der Waals surface area contributed by atoms with Crippen molar-refractivity contribution in [1.29, 1.82) is 0 Å². The molecule has 0 bridgehead atoms. The van der Waals surface area contributed by atoms with Crippen molar-refractivity contribution in [1.82, 2.24) is 0 Å². The van der Waals surface area contributed by atoms with Crippen molar-refractivity contribution in [2.45, 2.75) is 0 Å². The number of hydrogen-bond donors (Lipinski definition) is 2. The molecule has 0 aliphatic carbocycles. The van der Waals surface area contributed by atoms with Gasteiger partial charge in [-0.25, -0.2) is 13.2 Å². The highest BCUT2D eigenvalue weighted by Crippen LogP contribution is 2.25. The van der Waals surface area contributed by atoms with Gasteiger partial charge in [0.1, 0.15) is 5.75 Å². The number of amides is 1. The number of aromatic hydroxyl groups is 1. The first kappa shape index (κ1) is 14.4. The summed E-state index contributed by atoms with van der Waals surface area (Å²) in [5.74, 6) is -5.27. The first-order valence-electron chi connectivity index (χ1n) is 5.33. The monoisotopic (exact) mass is 345 g/mol. The zero-order chi connectivity index (χ0) is 14.9. The zero-order valence-electron chi connectivity index (χ0n) is 9.75. The number of phenols is 1. The summed E-state index contributed by atoms with van der Waals surface area (Å²) in [6, 6.07) is 5.34. The molecule has 0 radical (unpaired) electrons. The van der Waals surface area contributed by atoms with Crippen molar-refractivity contribution in [3.05, 3.63) is 57.8 Å². The normalized spacial score (nSPS) is 10.4. The highest BCUT2D eigenvalue weighted by Gasteiger charge is 2.13.